The molecule has 0 aliphatic heterocycles. The molecular formula is C15H16O4S. The standard InChI is InChI=1S/C15H16O4S/c1-10-12(8-14(20-10)15(17)18)9-19-13-4-2-11(3-5-13)6-7-16/h2-5,8,16H,6-7,9H2,1H3,(H,17,18). The van der Waals surface area contributed by atoms with E-state index in [1.807, 2.05) is 31.2 Å². The molecule has 5 heteroatoms. The molecule has 2 aromatic rings. The van der Waals surface area contributed by atoms with Crippen molar-refractivity contribution in [1.29, 1.82) is 0 Å². The highest BCUT2D eigenvalue weighted by molar-refractivity contribution is 7.14. The molecule has 0 fully saturated rings. The van der Waals surface area contributed by atoms with Gasteiger partial charge in [-0.25, -0.2) is 4.79 Å². The van der Waals surface area contributed by atoms with Crippen molar-refractivity contribution in [3.8, 4) is 5.75 Å². The minimum absolute atomic E-state index is 0.131. The largest absolute Gasteiger partial charge is 0.489 e. The predicted molar refractivity (Wildman–Crippen MR) is 77.6 cm³/mol. The molecule has 2 N–H and O–H groups in total. The second kappa shape index (κ2) is 6.54. The molecule has 20 heavy (non-hydrogen) atoms. The van der Waals surface area contributed by atoms with E-state index in [4.69, 9.17) is 14.9 Å². The number of carbonyl (C=O) groups is 1. The van der Waals surface area contributed by atoms with Crippen LogP contribution in [0.3, 0.4) is 0 Å². The van der Waals surface area contributed by atoms with Crippen molar-refractivity contribution >= 4 is 17.3 Å². The summed E-state index contributed by atoms with van der Waals surface area (Å²) in [7, 11) is 0. The normalized spacial score (nSPS) is 10.5. The van der Waals surface area contributed by atoms with Crippen LogP contribution in [0.1, 0.15) is 25.7 Å². The van der Waals surface area contributed by atoms with Gasteiger partial charge in [-0.3, -0.25) is 0 Å². The number of hydrogen-bond acceptors (Lipinski definition) is 4. The maximum Gasteiger partial charge on any atom is 0.345 e. The van der Waals surface area contributed by atoms with Gasteiger partial charge in [-0.1, -0.05) is 12.1 Å². The Bertz CT molecular complexity index is 586. The van der Waals surface area contributed by atoms with Crippen molar-refractivity contribution in [2.24, 2.45) is 0 Å². The number of rotatable bonds is 6. The van der Waals surface area contributed by atoms with Gasteiger partial charge in [-0.15, -0.1) is 11.3 Å². The molecule has 0 saturated heterocycles. The van der Waals surface area contributed by atoms with Gasteiger partial charge in [0.1, 0.15) is 17.2 Å². The summed E-state index contributed by atoms with van der Waals surface area (Å²) < 4.78 is 5.65. The Kier molecular flexibility index (Phi) is 4.76. The number of aliphatic hydroxyl groups excluding tert-OH is 1. The fourth-order valence-corrected chi connectivity index (χ4v) is 2.68. The topological polar surface area (TPSA) is 66.8 Å². The van der Waals surface area contributed by atoms with Crippen LogP contribution in [0.2, 0.25) is 0 Å². The number of thiophene rings is 1. The molecule has 0 bridgehead atoms. The summed E-state index contributed by atoms with van der Waals surface area (Å²) in [4.78, 5) is 12.2. The van der Waals surface area contributed by atoms with Crippen molar-refractivity contribution in [3.63, 3.8) is 0 Å². The van der Waals surface area contributed by atoms with E-state index >= 15 is 0 Å². The van der Waals surface area contributed by atoms with Crippen molar-refractivity contribution in [2.45, 2.75) is 20.0 Å². The smallest absolute Gasteiger partial charge is 0.345 e. The van der Waals surface area contributed by atoms with E-state index in [0.717, 1.165) is 21.8 Å². The molecule has 0 radical (unpaired) electrons. The lowest BCUT2D eigenvalue weighted by Crippen LogP contribution is -1.97. The second-order valence-corrected chi connectivity index (χ2v) is 5.66. The lowest BCUT2D eigenvalue weighted by molar-refractivity contribution is 0.0702. The first-order valence-corrected chi connectivity index (χ1v) is 7.07. The zero-order valence-corrected chi connectivity index (χ0v) is 11.9. The summed E-state index contributed by atoms with van der Waals surface area (Å²) in [6, 6.07) is 9.18. The summed E-state index contributed by atoms with van der Waals surface area (Å²) in [5, 5.41) is 17.8. The molecule has 106 valence electrons. The van der Waals surface area contributed by atoms with Crippen LogP contribution in [0, 0.1) is 6.92 Å². The number of aliphatic hydroxyl groups is 1. The number of carboxylic acid groups (broad SMARTS) is 1. The zero-order chi connectivity index (χ0) is 14.5. The lowest BCUT2D eigenvalue weighted by atomic mass is 10.1. The van der Waals surface area contributed by atoms with Gasteiger partial charge in [0.05, 0.1) is 0 Å². The van der Waals surface area contributed by atoms with E-state index < -0.39 is 5.97 Å². The minimum atomic E-state index is -0.905. The summed E-state index contributed by atoms with van der Waals surface area (Å²) in [6.45, 7) is 2.38. The first kappa shape index (κ1) is 14.6. The molecule has 1 heterocycles. The van der Waals surface area contributed by atoms with Crippen LogP contribution in [0.15, 0.2) is 30.3 Å². The molecule has 0 atom stereocenters. The fraction of sp³-hybridized carbons (Fsp3) is 0.267. The third-order valence-electron chi connectivity index (χ3n) is 2.95. The summed E-state index contributed by atoms with van der Waals surface area (Å²) in [6.07, 6.45) is 0.631. The number of carboxylic acids is 1. The Labute approximate surface area is 121 Å². The minimum Gasteiger partial charge on any atom is -0.489 e. The Balaban J connectivity index is 1.99. The molecule has 2 rings (SSSR count). The van der Waals surface area contributed by atoms with E-state index in [2.05, 4.69) is 0 Å². The maximum absolute atomic E-state index is 10.9. The molecule has 4 nitrogen and oxygen atoms in total. The fourth-order valence-electron chi connectivity index (χ4n) is 1.81. The highest BCUT2D eigenvalue weighted by atomic mass is 32.1. The highest BCUT2D eigenvalue weighted by Crippen LogP contribution is 2.23. The number of aryl methyl sites for hydroxylation is 1. The van der Waals surface area contributed by atoms with E-state index in [-0.39, 0.29) is 6.61 Å². The Morgan fingerprint density at radius 2 is 2.00 bits per heavy atom. The Morgan fingerprint density at radius 1 is 1.30 bits per heavy atom. The van der Waals surface area contributed by atoms with Gasteiger partial charge < -0.3 is 14.9 Å². The SMILES string of the molecule is Cc1sc(C(=O)O)cc1COc1ccc(CCO)cc1. The van der Waals surface area contributed by atoms with Crippen molar-refractivity contribution < 1.29 is 19.7 Å². The van der Waals surface area contributed by atoms with Crippen LogP contribution in [0.4, 0.5) is 0 Å². The van der Waals surface area contributed by atoms with Crippen molar-refractivity contribution in [1.82, 2.24) is 0 Å². The predicted octanol–water partition coefficient (Wildman–Crippen LogP) is 2.87. The highest BCUT2D eigenvalue weighted by Gasteiger charge is 2.11. The van der Waals surface area contributed by atoms with Crippen LogP contribution >= 0.6 is 11.3 Å². The van der Waals surface area contributed by atoms with Crippen LogP contribution in [-0.4, -0.2) is 22.8 Å². The van der Waals surface area contributed by atoms with E-state index in [9.17, 15) is 4.79 Å². The Morgan fingerprint density at radius 3 is 2.55 bits per heavy atom. The number of hydrogen-bond donors (Lipinski definition) is 2. The summed E-state index contributed by atoms with van der Waals surface area (Å²) in [5.74, 6) is -0.174. The van der Waals surface area contributed by atoms with Crippen LogP contribution < -0.4 is 4.74 Å². The molecule has 0 unspecified atom stereocenters. The van der Waals surface area contributed by atoms with E-state index in [1.165, 1.54) is 11.3 Å². The van der Waals surface area contributed by atoms with Gasteiger partial charge in [0, 0.05) is 17.0 Å². The maximum atomic E-state index is 10.9. The molecule has 1 aromatic carbocycles. The third-order valence-corrected chi connectivity index (χ3v) is 4.03. The molecule has 0 amide bonds. The van der Waals surface area contributed by atoms with Crippen molar-refractivity contribution in [2.75, 3.05) is 6.61 Å². The van der Waals surface area contributed by atoms with E-state index in [1.54, 1.807) is 6.07 Å². The van der Waals surface area contributed by atoms with Gasteiger partial charge >= 0.3 is 5.97 Å². The quantitative estimate of drug-likeness (QED) is 0.859. The summed E-state index contributed by atoms with van der Waals surface area (Å²) >= 11 is 1.26. The number of aromatic carboxylic acids is 1. The lowest BCUT2D eigenvalue weighted by Gasteiger charge is -2.06. The van der Waals surface area contributed by atoms with Crippen molar-refractivity contribution in [3.05, 3.63) is 51.2 Å². The molecule has 0 aliphatic carbocycles. The molecule has 1 aromatic heterocycles. The molecule has 0 spiro atoms. The molecule has 0 aliphatic rings. The number of benzene rings is 1. The van der Waals surface area contributed by atoms with Crippen LogP contribution in [-0.2, 0) is 13.0 Å². The molecule has 0 saturated carbocycles. The van der Waals surface area contributed by atoms with Gasteiger partial charge in [0.15, 0.2) is 0 Å². The van der Waals surface area contributed by atoms with Crippen LogP contribution in [0.5, 0.6) is 5.75 Å². The first-order valence-electron chi connectivity index (χ1n) is 6.25. The summed E-state index contributed by atoms with van der Waals surface area (Å²) in [5.41, 5.74) is 1.95. The van der Waals surface area contributed by atoms with Gasteiger partial charge in [-0.05, 0) is 37.1 Å². The second-order valence-electron chi connectivity index (χ2n) is 4.40. The van der Waals surface area contributed by atoms with E-state index in [0.29, 0.717) is 17.9 Å². The first-order chi connectivity index (χ1) is 9.60. The zero-order valence-electron chi connectivity index (χ0n) is 11.1. The molecular weight excluding hydrogens is 276 g/mol. The van der Waals surface area contributed by atoms with Gasteiger partial charge in [-0.2, -0.15) is 0 Å². The third kappa shape index (κ3) is 3.59. The Hall–Kier alpha value is -1.85. The average Bonchev–Trinajstić information content (AvgIpc) is 2.80. The average molecular weight is 292 g/mol. The van der Waals surface area contributed by atoms with Gasteiger partial charge in [0.25, 0.3) is 0 Å². The van der Waals surface area contributed by atoms with Gasteiger partial charge in [0.2, 0.25) is 0 Å². The monoisotopic (exact) mass is 292 g/mol. The van der Waals surface area contributed by atoms with Crippen LogP contribution in [0.25, 0.3) is 0 Å². The number of ether oxygens (including phenoxy) is 1.